The van der Waals surface area contributed by atoms with Crippen LogP contribution in [0.2, 0.25) is 0 Å². The molecule has 5 nitrogen and oxygen atoms in total. The van der Waals surface area contributed by atoms with Gasteiger partial charge in [-0.25, -0.2) is 8.42 Å². The van der Waals surface area contributed by atoms with Crippen molar-refractivity contribution < 1.29 is 26.3 Å². The third kappa shape index (κ3) is 5.41. The largest absolute Gasteiger partial charge is 0.462 e. The van der Waals surface area contributed by atoms with Gasteiger partial charge in [-0.1, -0.05) is 13.2 Å². The van der Waals surface area contributed by atoms with Gasteiger partial charge in [-0.15, -0.1) is 0 Å². The van der Waals surface area contributed by atoms with Gasteiger partial charge in [0, 0.05) is 24.5 Å². The first-order valence-electron chi connectivity index (χ1n) is 6.54. The Bertz CT molecular complexity index is 766. The lowest BCUT2D eigenvalue weighted by molar-refractivity contribution is -0.141. The zero-order valence-corrected chi connectivity index (χ0v) is 14.2. The normalized spacial score (nSPS) is 12.7. The lowest BCUT2D eigenvalue weighted by Gasteiger charge is -2.17. The topological polar surface area (TPSA) is 59.5 Å². The standard InChI is InChI=1S/C15H17F3N2O3S/c1-10(20(4)24(5,21)22)8-11(2)23-12(3)13-6-7-14(19-9-13)15(16,17)18/h6-9H,1,3H2,2,4-5H3/b11-8+. The highest BCUT2D eigenvalue weighted by molar-refractivity contribution is 7.88. The number of hydrogen-bond donors (Lipinski definition) is 0. The molecule has 0 fully saturated rings. The van der Waals surface area contributed by atoms with Gasteiger partial charge in [0.2, 0.25) is 10.0 Å². The number of nitrogens with zero attached hydrogens (tertiary/aromatic N) is 2. The summed E-state index contributed by atoms with van der Waals surface area (Å²) in [4.78, 5) is 3.31. The minimum absolute atomic E-state index is 0.0692. The van der Waals surface area contributed by atoms with E-state index in [2.05, 4.69) is 18.1 Å². The molecule has 0 N–H and O–H groups in total. The molecule has 0 radical (unpaired) electrons. The maximum atomic E-state index is 12.5. The van der Waals surface area contributed by atoms with Gasteiger partial charge in [-0.2, -0.15) is 13.2 Å². The minimum Gasteiger partial charge on any atom is -0.462 e. The second-order valence-electron chi connectivity index (χ2n) is 4.93. The first-order valence-corrected chi connectivity index (χ1v) is 8.38. The smallest absolute Gasteiger partial charge is 0.433 e. The summed E-state index contributed by atoms with van der Waals surface area (Å²) in [7, 11) is -2.12. The summed E-state index contributed by atoms with van der Waals surface area (Å²) >= 11 is 0. The van der Waals surface area contributed by atoms with E-state index in [1.165, 1.54) is 26.1 Å². The van der Waals surface area contributed by atoms with Crippen molar-refractivity contribution in [2.24, 2.45) is 0 Å². The van der Waals surface area contributed by atoms with E-state index in [1.54, 1.807) is 0 Å². The number of pyridine rings is 1. The van der Waals surface area contributed by atoms with E-state index in [-0.39, 0.29) is 22.8 Å². The quantitative estimate of drug-likeness (QED) is 0.575. The van der Waals surface area contributed by atoms with E-state index in [9.17, 15) is 21.6 Å². The Labute approximate surface area is 138 Å². The van der Waals surface area contributed by atoms with E-state index in [1.807, 2.05) is 0 Å². The molecule has 0 amide bonds. The van der Waals surface area contributed by atoms with Crippen molar-refractivity contribution in [3.8, 4) is 0 Å². The van der Waals surface area contributed by atoms with E-state index >= 15 is 0 Å². The molecule has 0 aliphatic rings. The molecular weight excluding hydrogens is 345 g/mol. The Morgan fingerprint density at radius 3 is 2.33 bits per heavy atom. The van der Waals surface area contributed by atoms with Crippen molar-refractivity contribution in [2.45, 2.75) is 13.1 Å². The van der Waals surface area contributed by atoms with Gasteiger partial charge in [-0.05, 0) is 25.1 Å². The fourth-order valence-electron chi connectivity index (χ4n) is 1.55. The number of sulfonamides is 1. The number of rotatable bonds is 6. The molecule has 0 atom stereocenters. The van der Waals surface area contributed by atoms with Crippen LogP contribution in [-0.2, 0) is 20.9 Å². The SMILES string of the molecule is C=C(O/C(C)=C/C(=C)N(C)S(C)(=O)=O)c1ccc(C(F)(F)F)nc1. The van der Waals surface area contributed by atoms with Crippen molar-refractivity contribution in [3.63, 3.8) is 0 Å². The minimum atomic E-state index is -4.52. The second-order valence-corrected chi connectivity index (χ2v) is 6.95. The average molecular weight is 362 g/mol. The highest BCUT2D eigenvalue weighted by atomic mass is 32.2. The average Bonchev–Trinajstić information content (AvgIpc) is 2.44. The molecule has 24 heavy (non-hydrogen) atoms. The van der Waals surface area contributed by atoms with Crippen molar-refractivity contribution in [1.29, 1.82) is 0 Å². The molecule has 1 aromatic rings. The van der Waals surface area contributed by atoms with E-state index in [0.717, 1.165) is 22.8 Å². The van der Waals surface area contributed by atoms with Gasteiger partial charge < -0.3 is 4.74 Å². The summed E-state index contributed by atoms with van der Waals surface area (Å²) in [6, 6.07) is 2.00. The molecule has 1 heterocycles. The predicted octanol–water partition coefficient (Wildman–Crippen LogP) is 3.40. The third-order valence-corrected chi connectivity index (χ3v) is 4.16. The Hall–Kier alpha value is -2.29. The van der Waals surface area contributed by atoms with Gasteiger partial charge in [-0.3, -0.25) is 9.29 Å². The number of alkyl halides is 3. The highest BCUT2D eigenvalue weighted by Crippen LogP contribution is 2.28. The molecule has 1 rings (SSSR count). The second kappa shape index (κ2) is 7.08. The maximum absolute atomic E-state index is 12.5. The summed E-state index contributed by atoms with van der Waals surface area (Å²) in [5.41, 5.74) is -0.597. The van der Waals surface area contributed by atoms with Crippen LogP contribution in [0.25, 0.3) is 5.76 Å². The Morgan fingerprint density at radius 2 is 1.92 bits per heavy atom. The molecule has 0 aromatic carbocycles. The van der Waals surface area contributed by atoms with Crippen LogP contribution in [0.5, 0.6) is 0 Å². The summed E-state index contributed by atoms with van der Waals surface area (Å²) in [6.45, 7) is 8.75. The number of ether oxygens (including phenoxy) is 1. The van der Waals surface area contributed by atoms with Crippen LogP contribution >= 0.6 is 0 Å². The molecule has 0 spiro atoms. The van der Waals surface area contributed by atoms with Crippen molar-refractivity contribution in [1.82, 2.24) is 9.29 Å². The van der Waals surface area contributed by atoms with Gasteiger partial charge in [0.05, 0.1) is 6.26 Å². The zero-order valence-electron chi connectivity index (χ0n) is 13.4. The monoisotopic (exact) mass is 362 g/mol. The number of halogens is 3. The zero-order chi connectivity index (χ0) is 18.7. The predicted molar refractivity (Wildman–Crippen MR) is 84.9 cm³/mol. The van der Waals surface area contributed by atoms with Gasteiger partial charge >= 0.3 is 6.18 Å². The van der Waals surface area contributed by atoms with Crippen LogP contribution in [0.15, 0.2) is 49.0 Å². The third-order valence-electron chi connectivity index (χ3n) is 2.93. The van der Waals surface area contributed by atoms with E-state index in [4.69, 9.17) is 4.74 Å². The fraction of sp³-hybridized carbons (Fsp3) is 0.267. The first-order chi connectivity index (χ1) is 10.8. The lowest BCUT2D eigenvalue weighted by Crippen LogP contribution is -2.23. The molecule has 0 aliphatic carbocycles. The number of allylic oxidation sites excluding steroid dienone is 2. The Morgan fingerprint density at radius 1 is 1.33 bits per heavy atom. The Balaban J connectivity index is 2.84. The first kappa shape index (κ1) is 19.8. The van der Waals surface area contributed by atoms with Crippen LogP contribution < -0.4 is 0 Å². The fourth-order valence-corrected chi connectivity index (χ4v) is 2.03. The van der Waals surface area contributed by atoms with E-state index in [0.29, 0.717) is 0 Å². The number of likely N-dealkylation sites (N-methyl/N-ethyl adjacent to an activating group) is 1. The van der Waals surface area contributed by atoms with Gasteiger partial charge in [0.25, 0.3) is 0 Å². The van der Waals surface area contributed by atoms with Crippen molar-refractivity contribution >= 4 is 15.8 Å². The van der Waals surface area contributed by atoms with Crippen LogP contribution in [0.4, 0.5) is 13.2 Å². The summed E-state index contributed by atoms with van der Waals surface area (Å²) in [5, 5.41) is 0. The molecular formula is C15H17F3N2O3S. The Kier molecular flexibility index (Phi) is 5.83. The molecule has 0 saturated carbocycles. The van der Waals surface area contributed by atoms with Crippen LogP contribution in [0, 0.1) is 0 Å². The highest BCUT2D eigenvalue weighted by Gasteiger charge is 2.32. The molecule has 0 bridgehead atoms. The number of aromatic nitrogens is 1. The van der Waals surface area contributed by atoms with E-state index < -0.39 is 21.9 Å². The lowest BCUT2D eigenvalue weighted by atomic mass is 10.2. The van der Waals surface area contributed by atoms with Crippen molar-refractivity contribution in [3.05, 3.63) is 60.3 Å². The molecule has 0 unspecified atom stereocenters. The summed E-state index contributed by atoms with van der Waals surface area (Å²) < 4.78 is 66.5. The van der Waals surface area contributed by atoms with Crippen LogP contribution in [0.3, 0.4) is 0 Å². The van der Waals surface area contributed by atoms with Crippen LogP contribution in [-0.4, -0.2) is 31.0 Å². The maximum Gasteiger partial charge on any atom is 0.433 e. The molecule has 9 heteroatoms. The molecule has 132 valence electrons. The summed E-state index contributed by atoms with van der Waals surface area (Å²) in [6.07, 6.45) is -1.14. The molecule has 0 saturated heterocycles. The van der Waals surface area contributed by atoms with Crippen molar-refractivity contribution in [2.75, 3.05) is 13.3 Å². The summed E-state index contributed by atoms with van der Waals surface area (Å²) in [5.74, 6) is 0.334. The molecule has 1 aromatic heterocycles. The van der Waals surface area contributed by atoms with Gasteiger partial charge in [0.1, 0.15) is 17.2 Å². The number of hydrogen-bond acceptors (Lipinski definition) is 4. The molecule has 0 aliphatic heterocycles. The van der Waals surface area contributed by atoms with Crippen LogP contribution in [0.1, 0.15) is 18.2 Å². The van der Waals surface area contributed by atoms with Gasteiger partial charge in [0.15, 0.2) is 0 Å².